The van der Waals surface area contributed by atoms with E-state index in [4.69, 9.17) is 14.2 Å². The highest BCUT2D eigenvalue weighted by atomic mass is 16.7. The minimum atomic E-state index is -1.61. The molecule has 8 unspecified atom stereocenters. The number of esters is 1. The zero-order valence-electron chi connectivity index (χ0n) is 41.6. The molecule has 1 rings (SSSR count). The van der Waals surface area contributed by atoms with Gasteiger partial charge in [0.05, 0.1) is 25.4 Å². The van der Waals surface area contributed by atoms with Gasteiger partial charge >= 0.3 is 5.97 Å². The van der Waals surface area contributed by atoms with Crippen LogP contribution in [0.3, 0.4) is 0 Å². The number of carbonyl (C=O) groups excluding carboxylic acids is 2. The van der Waals surface area contributed by atoms with Crippen LogP contribution in [-0.2, 0) is 23.8 Å². The van der Waals surface area contributed by atoms with Crippen molar-refractivity contribution < 1.29 is 49.3 Å². The van der Waals surface area contributed by atoms with E-state index in [-0.39, 0.29) is 19.4 Å². The summed E-state index contributed by atoms with van der Waals surface area (Å²) in [7, 11) is 0. The van der Waals surface area contributed by atoms with E-state index >= 15 is 0 Å². The quantitative estimate of drug-likeness (QED) is 0.0196. The van der Waals surface area contributed by atoms with Gasteiger partial charge in [-0.3, -0.25) is 9.59 Å². The van der Waals surface area contributed by atoms with Crippen LogP contribution in [-0.4, -0.2) is 99.6 Å². The summed E-state index contributed by atoms with van der Waals surface area (Å²) in [4.78, 5) is 26.3. The van der Waals surface area contributed by atoms with Crippen molar-refractivity contribution in [2.75, 3.05) is 13.2 Å². The molecule has 65 heavy (non-hydrogen) atoms. The third kappa shape index (κ3) is 32.3. The summed E-state index contributed by atoms with van der Waals surface area (Å²) in [6.07, 6.45) is 37.7. The van der Waals surface area contributed by atoms with Gasteiger partial charge in [-0.1, -0.05) is 192 Å². The van der Waals surface area contributed by atoms with Gasteiger partial charge < -0.3 is 45.1 Å². The molecule has 0 bridgehead atoms. The summed E-state index contributed by atoms with van der Waals surface area (Å²) in [5.41, 5.74) is 0. The fraction of sp³-hybridized carbons (Fsp3) is 0.852. The van der Waals surface area contributed by atoms with Crippen molar-refractivity contribution in [1.29, 1.82) is 0 Å². The minimum Gasteiger partial charge on any atom is -0.454 e. The molecule has 1 aliphatic heterocycles. The summed E-state index contributed by atoms with van der Waals surface area (Å²) in [6, 6.07) is -1.02. The Balaban J connectivity index is 2.77. The van der Waals surface area contributed by atoms with Crippen LogP contribution in [0.5, 0.6) is 0 Å². The number of aliphatic hydroxyl groups excluding tert-OH is 5. The third-order valence-corrected chi connectivity index (χ3v) is 12.5. The smallest absolute Gasteiger partial charge is 0.306 e. The molecule has 0 aromatic heterocycles. The van der Waals surface area contributed by atoms with Crippen LogP contribution in [0.25, 0.3) is 0 Å². The molecule has 0 spiro atoms. The highest BCUT2D eigenvalue weighted by Crippen LogP contribution is 2.26. The topological polar surface area (TPSA) is 175 Å². The van der Waals surface area contributed by atoms with Crippen molar-refractivity contribution in [3.63, 3.8) is 0 Å². The van der Waals surface area contributed by atoms with Gasteiger partial charge in [0.25, 0.3) is 0 Å². The zero-order valence-corrected chi connectivity index (χ0v) is 41.6. The maximum Gasteiger partial charge on any atom is 0.306 e. The Labute approximate surface area is 396 Å². The molecule has 380 valence electrons. The Morgan fingerprint density at radius 2 is 1.03 bits per heavy atom. The second-order valence-electron chi connectivity index (χ2n) is 18.6. The largest absolute Gasteiger partial charge is 0.454 e. The second kappa shape index (κ2) is 43.2. The Hall–Kier alpha value is -2.12. The Kier molecular flexibility index (Phi) is 40.5. The number of amides is 1. The molecule has 11 nitrogen and oxygen atoms in total. The molecule has 6 N–H and O–H groups in total. The van der Waals surface area contributed by atoms with Crippen LogP contribution in [0.15, 0.2) is 36.5 Å². The van der Waals surface area contributed by atoms with Crippen LogP contribution < -0.4 is 5.32 Å². The van der Waals surface area contributed by atoms with Gasteiger partial charge in [-0.05, 0) is 70.6 Å². The molecule has 0 aliphatic carbocycles. The van der Waals surface area contributed by atoms with E-state index in [1.165, 1.54) is 96.3 Å². The normalized spacial score (nSPS) is 20.5. The SMILES string of the molecule is CCCC/C=C\CCCCCCCC(=O)OC1C(OCC(NC(=O)C(O)CCCCCCCC/C=C\CCCCCC)C(O)/C=C/CCCCCCCCCCC)OC(CO)C(O)C1O. The van der Waals surface area contributed by atoms with Gasteiger partial charge in [-0.2, -0.15) is 0 Å². The van der Waals surface area contributed by atoms with Gasteiger partial charge in [0.2, 0.25) is 5.91 Å². The maximum absolute atomic E-state index is 13.3. The first-order chi connectivity index (χ1) is 31.7. The van der Waals surface area contributed by atoms with Crippen molar-refractivity contribution in [2.45, 2.75) is 282 Å². The summed E-state index contributed by atoms with van der Waals surface area (Å²) < 4.78 is 17.5. The standard InChI is InChI=1S/C54H99NO10/c1-4-7-10-13-16-19-22-23-24-27-29-32-35-38-41-47(58)53(62)55-45(46(57)40-37-34-31-28-25-20-17-14-11-8-5-2)44-63-54-52(51(61)50(60)48(43-56)64-54)65-49(59)42-39-36-33-30-26-21-18-15-12-9-6-3/h15,18-19,22,37,40,45-48,50-52,54,56-58,60-61H,4-14,16-17,20-21,23-36,38-39,41-44H2,1-3H3,(H,55,62)/b18-15-,22-19-,40-37+. The lowest BCUT2D eigenvalue weighted by Gasteiger charge is -2.41. The highest BCUT2D eigenvalue weighted by molar-refractivity contribution is 5.80. The Morgan fingerprint density at radius 1 is 0.585 bits per heavy atom. The third-order valence-electron chi connectivity index (χ3n) is 12.5. The number of carbonyl (C=O) groups is 2. The zero-order chi connectivity index (χ0) is 47.6. The lowest BCUT2D eigenvalue weighted by atomic mass is 9.99. The number of allylic oxidation sites excluding steroid dienone is 5. The Bertz CT molecular complexity index is 1200. The van der Waals surface area contributed by atoms with Crippen LogP contribution >= 0.6 is 0 Å². The molecule has 0 radical (unpaired) electrons. The number of nitrogens with one attached hydrogen (secondary N) is 1. The van der Waals surface area contributed by atoms with Crippen molar-refractivity contribution in [2.24, 2.45) is 0 Å². The molecule has 1 aliphatic rings. The average molecular weight is 922 g/mol. The molecule has 0 aromatic carbocycles. The van der Waals surface area contributed by atoms with Crippen molar-refractivity contribution >= 4 is 11.9 Å². The van der Waals surface area contributed by atoms with E-state index in [0.717, 1.165) is 89.9 Å². The molecule has 11 heteroatoms. The summed E-state index contributed by atoms with van der Waals surface area (Å²) >= 11 is 0. The fourth-order valence-corrected chi connectivity index (χ4v) is 8.15. The highest BCUT2D eigenvalue weighted by Gasteiger charge is 2.47. The van der Waals surface area contributed by atoms with Gasteiger partial charge in [0.15, 0.2) is 12.4 Å². The average Bonchev–Trinajstić information content (AvgIpc) is 3.30. The lowest BCUT2D eigenvalue weighted by molar-refractivity contribution is -0.305. The predicted molar refractivity (Wildman–Crippen MR) is 264 cm³/mol. The number of hydrogen-bond donors (Lipinski definition) is 6. The van der Waals surface area contributed by atoms with E-state index in [0.29, 0.717) is 12.8 Å². The fourth-order valence-electron chi connectivity index (χ4n) is 8.15. The van der Waals surface area contributed by atoms with Crippen LogP contribution in [0.4, 0.5) is 0 Å². The first-order valence-corrected chi connectivity index (χ1v) is 26.8. The number of hydrogen-bond acceptors (Lipinski definition) is 10. The number of unbranched alkanes of at least 4 members (excludes halogenated alkanes) is 26. The molecule has 1 heterocycles. The first kappa shape index (κ1) is 60.9. The van der Waals surface area contributed by atoms with E-state index in [1.54, 1.807) is 6.08 Å². The van der Waals surface area contributed by atoms with Crippen LogP contribution in [0.1, 0.15) is 233 Å². The molecule has 1 amide bonds. The molecule has 1 saturated heterocycles. The van der Waals surface area contributed by atoms with Gasteiger partial charge in [-0.25, -0.2) is 0 Å². The van der Waals surface area contributed by atoms with Crippen molar-refractivity contribution in [3.8, 4) is 0 Å². The molecular weight excluding hydrogens is 823 g/mol. The summed E-state index contributed by atoms with van der Waals surface area (Å²) in [5.74, 6) is -1.21. The van der Waals surface area contributed by atoms with E-state index < -0.39 is 67.4 Å². The number of ether oxygens (including phenoxy) is 3. The summed E-state index contributed by atoms with van der Waals surface area (Å²) in [6.45, 7) is 5.69. The molecule has 1 fully saturated rings. The molecule has 0 saturated carbocycles. The first-order valence-electron chi connectivity index (χ1n) is 26.8. The van der Waals surface area contributed by atoms with E-state index in [1.807, 2.05) is 6.08 Å². The summed E-state index contributed by atoms with van der Waals surface area (Å²) in [5, 5.41) is 56.6. The van der Waals surface area contributed by atoms with E-state index in [9.17, 15) is 35.1 Å². The van der Waals surface area contributed by atoms with Crippen molar-refractivity contribution in [1.82, 2.24) is 5.32 Å². The molecule has 0 aromatic rings. The predicted octanol–water partition coefficient (Wildman–Crippen LogP) is 11.2. The maximum atomic E-state index is 13.3. The molecular formula is C54H99NO10. The number of aliphatic hydroxyl groups is 5. The minimum absolute atomic E-state index is 0.113. The van der Waals surface area contributed by atoms with Gasteiger partial charge in [-0.15, -0.1) is 0 Å². The monoisotopic (exact) mass is 922 g/mol. The van der Waals surface area contributed by atoms with Gasteiger partial charge in [0.1, 0.15) is 24.4 Å². The number of rotatable bonds is 44. The molecule has 8 atom stereocenters. The van der Waals surface area contributed by atoms with E-state index in [2.05, 4.69) is 50.4 Å². The van der Waals surface area contributed by atoms with Crippen molar-refractivity contribution in [3.05, 3.63) is 36.5 Å². The van der Waals surface area contributed by atoms with Gasteiger partial charge in [0, 0.05) is 6.42 Å². The van der Waals surface area contributed by atoms with Crippen LogP contribution in [0, 0.1) is 0 Å². The lowest BCUT2D eigenvalue weighted by Crippen LogP contribution is -2.61. The second-order valence-corrected chi connectivity index (χ2v) is 18.6. The van der Waals surface area contributed by atoms with Crippen LogP contribution in [0.2, 0.25) is 0 Å². The Morgan fingerprint density at radius 3 is 1.55 bits per heavy atom.